The van der Waals surface area contributed by atoms with Gasteiger partial charge >= 0.3 is 0 Å². The fourth-order valence-electron chi connectivity index (χ4n) is 5.36. The van der Waals surface area contributed by atoms with Crippen molar-refractivity contribution in [3.8, 4) is 5.75 Å². The summed E-state index contributed by atoms with van der Waals surface area (Å²) in [6, 6.07) is 19.0. The summed E-state index contributed by atoms with van der Waals surface area (Å²) in [4.78, 5) is 17.8. The number of hydrogen-bond acceptors (Lipinski definition) is 4. The number of piperidine rings is 1. The van der Waals surface area contributed by atoms with Gasteiger partial charge in [-0.2, -0.15) is 0 Å². The number of rotatable bonds is 4. The highest BCUT2D eigenvalue weighted by Gasteiger charge is 2.32. The quantitative estimate of drug-likeness (QED) is 0.608. The lowest BCUT2D eigenvalue weighted by Gasteiger charge is -2.35. The van der Waals surface area contributed by atoms with Crippen molar-refractivity contribution < 1.29 is 9.90 Å². The molecule has 1 aromatic heterocycles. The number of fused-ring (bicyclic) bond motifs is 1. The Kier molecular flexibility index (Phi) is 5.46. The smallest absolute Gasteiger partial charge is 0.123 e. The number of carbonyl (C=O) groups is 1. The van der Waals surface area contributed by atoms with Gasteiger partial charge in [-0.1, -0.05) is 24.3 Å². The predicted octanol–water partition coefficient (Wildman–Crippen LogP) is 5.06. The van der Waals surface area contributed by atoms with E-state index >= 15 is 0 Å². The Balaban J connectivity index is 1.47. The minimum Gasteiger partial charge on any atom is -0.508 e. The number of aldehydes is 1. The SMILES string of the molecule is O=CC1CCN(c2ccc([C@@H]3c4ccc(O)cc4CC[C@@H]3c3cccnc3)cc2)CC1. The van der Waals surface area contributed by atoms with Crippen LogP contribution in [0, 0.1) is 5.92 Å². The largest absolute Gasteiger partial charge is 0.508 e. The zero-order valence-electron chi connectivity index (χ0n) is 17.7. The topological polar surface area (TPSA) is 53.4 Å². The Labute approximate surface area is 183 Å². The number of aromatic hydroxyl groups is 1. The van der Waals surface area contributed by atoms with E-state index in [1.165, 1.54) is 27.9 Å². The molecule has 0 saturated carbocycles. The standard InChI is InChI=1S/C27H28N2O2/c30-18-19-11-14-29(15-12-19)23-6-3-20(4-7-23)27-25-10-8-24(31)16-21(25)5-9-26(27)22-2-1-13-28-17-22/h1-4,6-8,10,13,16-19,26-27,31H,5,9,11-12,14-15H2/t26-,27-/m1/s1. The number of benzene rings is 2. The third-order valence-electron chi connectivity index (χ3n) is 7.05. The molecule has 1 saturated heterocycles. The number of anilines is 1. The molecule has 2 aromatic carbocycles. The average molecular weight is 413 g/mol. The summed E-state index contributed by atoms with van der Waals surface area (Å²) < 4.78 is 0. The molecule has 1 aliphatic heterocycles. The number of phenols is 1. The first-order valence-electron chi connectivity index (χ1n) is 11.2. The van der Waals surface area contributed by atoms with Crippen LogP contribution in [0.4, 0.5) is 5.69 Å². The maximum absolute atomic E-state index is 11.1. The Bertz CT molecular complexity index is 1040. The Morgan fingerprint density at radius 3 is 2.48 bits per heavy atom. The lowest BCUT2D eigenvalue weighted by molar-refractivity contribution is -0.111. The summed E-state index contributed by atoms with van der Waals surface area (Å²) in [7, 11) is 0. The van der Waals surface area contributed by atoms with Gasteiger partial charge in [0.15, 0.2) is 0 Å². The molecule has 31 heavy (non-hydrogen) atoms. The molecule has 1 N–H and O–H groups in total. The van der Waals surface area contributed by atoms with Crippen molar-refractivity contribution in [2.24, 2.45) is 5.92 Å². The predicted molar refractivity (Wildman–Crippen MR) is 123 cm³/mol. The fraction of sp³-hybridized carbons (Fsp3) is 0.333. The molecule has 0 bridgehead atoms. The maximum Gasteiger partial charge on any atom is 0.123 e. The van der Waals surface area contributed by atoms with Crippen molar-refractivity contribution >= 4 is 12.0 Å². The highest BCUT2D eigenvalue weighted by molar-refractivity contribution is 5.56. The second-order valence-electron chi connectivity index (χ2n) is 8.84. The van der Waals surface area contributed by atoms with Crippen molar-refractivity contribution in [2.75, 3.05) is 18.0 Å². The summed E-state index contributed by atoms with van der Waals surface area (Å²) in [6.07, 6.45) is 8.81. The number of carbonyl (C=O) groups excluding carboxylic acids is 1. The van der Waals surface area contributed by atoms with Gasteiger partial charge in [0, 0.05) is 43.0 Å². The van der Waals surface area contributed by atoms with E-state index in [1.807, 2.05) is 30.6 Å². The summed E-state index contributed by atoms with van der Waals surface area (Å²) in [5, 5.41) is 10.0. The van der Waals surface area contributed by atoms with E-state index < -0.39 is 0 Å². The number of aryl methyl sites for hydroxylation is 1. The zero-order valence-corrected chi connectivity index (χ0v) is 17.7. The number of pyridine rings is 1. The van der Waals surface area contributed by atoms with Gasteiger partial charge in [0.2, 0.25) is 0 Å². The van der Waals surface area contributed by atoms with E-state index in [4.69, 9.17) is 0 Å². The summed E-state index contributed by atoms with van der Waals surface area (Å²) in [6.45, 7) is 1.87. The summed E-state index contributed by atoms with van der Waals surface area (Å²) in [5.74, 6) is 1.15. The first-order valence-corrected chi connectivity index (χ1v) is 11.2. The first kappa shape index (κ1) is 19.8. The Hall–Kier alpha value is -3.14. The highest BCUT2D eigenvalue weighted by atomic mass is 16.3. The number of hydrogen-bond donors (Lipinski definition) is 1. The van der Waals surface area contributed by atoms with Gasteiger partial charge in [-0.15, -0.1) is 0 Å². The van der Waals surface area contributed by atoms with E-state index in [0.29, 0.717) is 11.7 Å². The van der Waals surface area contributed by atoms with Crippen LogP contribution < -0.4 is 4.90 Å². The molecule has 1 aliphatic carbocycles. The molecule has 3 aromatic rings. The summed E-state index contributed by atoms with van der Waals surface area (Å²) in [5.41, 5.74) is 6.34. The molecular weight excluding hydrogens is 384 g/mol. The maximum atomic E-state index is 11.1. The van der Waals surface area contributed by atoms with Crippen LogP contribution in [0.25, 0.3) is 0 Å². The van der Waals surface area contributed by atoms with Crippen molar-refractivity contribution in [1.82, 2.24) is 4.98 Å². The second-order valence-corrected chi connectivity index (χ2v) is 8.84. The van der Waals surface area contributed by atoms with Crippen LogP contribution >= 0.6 is 0 Å². The van der Waals surface area contributed by atoms with Gasteiger partial charge in [0.05, 0.1) is 0 Å². The van der Waals surface area contributed by atoms with E-state index in [-0.39, 0.29) is 11.8 Å². The Morgan fingerprint density at radius 2 is 1.77 bits per heavy atom. The molecule has 158 valence electrons. The van der Waals surface area contributed by atoms with Gasteiger partial charge in [-0.3, -0.25) is 4.98 Å². The van der Waals surface area contributed by atoms with E-state index in [9.17, 15) is 9.90 Å². The van der Waals surface area contributed by atoms with Crippen LogP contribution in [-0.2, 0) is 11.2 Å². The van der Waals surface area contributed by atoms with Crippen molar-refractivity contribution in [2.45, 2.75) is 37.5 Å². The molecule has 0 amide bonds. The molecule has 0 unspecified atom stereocenters. The van der Waals surface area contributed by atoms with Gasteiger partial charge in [-0.05, 0) is 84.2 Å². The normalized spacial score (nSPS) is 21.5. The average Bonchev–Trinajstić information content (AvgIpc) is 2.84. The molecular formula is C27H28N2O2. The first-order chi connectivity index (χ1) is 15.2. The number of phenolic OH excluding ortho intramolecular Hbond substituents is 1. The van der Waals surface area contributed by atoms with Crippen LogP contribution in [0.5, 0.6) is 5.75 Å². The zero-order chi connectivity index (χ0) is 21.2. The monoisotopic (exact) mass is 412 g/mol. The van der Waals surface area contributed by atoms with E-state index in [0.717, 1.165) is 45.1 Å². The van der Waals surface area contributed by atoms with E-state index in [1.54, 1.807) is 0 Å². The van der Waals surface area contributed by atoms with Gasteiger partial charge in [-0.25, -0.2) is 0 Å². The fourth-order valence-corrected chi connectivity index (χ4v) is 5.36. The molecule has 2 atom stereocenters. The molecule has 4 nitrogen and oxygen atoms in total. The second kappa shape index (κ2) is 8.54. The Morgan fingerprint density at radius 1 is 0.968 bits per heavy atom. The minimum absolute atomic E-state index is 0.214. The molecule has 0 spiro atoms. The van der Waals surface area contributed by atoms with Crippen molar-refractivity contribution in [1.29, 1.82) is 0 Å². The van der Waals surface area contributed by atoms with Gasteiger partial charge in [0.25, 0.3) is 0 Å². The number of aromatic nitrogens is 1. The van der Waals surface area contributed by atoms with Crippen LogP contribution in [0.15, 0.2) is 67.0 Å². The van der Waals surface area contributed by atoms with Crippen LogP contribution in [0.2, 0.25) is 0 Å². The number of nitrogens with zero attached hydrogens (tertiary/aromatic N) is 2. The van der Waals surface area contributed by atoms with E-state index in [2.05, 4.69) is 46.3 Å². The summed E-state index contributed by atoms with van der Waals surface area (Å²) >= 11 is 0. The van der Waals surface area contributed by atoms with Crippen molar-refractivity contribution in [3.63, 3.8) is 0 Å². The third kappa shape index (κ3) is 3.95. The highest BCUT2D eigenvalue weighted by Crippen LogP contribution is 2.47. The van der Waals surface area contributed by atoms with Crippen molar-refractivity contribution in [3.05, 3.63) is 89.2 Å². The van der Waals surface area contributed by atoms with Gasteiger partial charge in [0.1, 0.15) is 12.0 Å². The molecule has 4 heteroatoms. The molecule has 5 rings (SSSR count). The molecule has 2 heterocycles. The van der Waals surface area contributed by atoms with Crippen LogP contribution in [0.1, 0.15) is 53.4 Å². The lowest BCUT2D eigenvalue weighted by atomic mass is 9.69. The van der Waals surface area contributed by atoms with Crippen LogP contribution in [0.3, 0.4) is 0 Å². The van der Waals surface area contributed by atoms with Crippen LogP contribution in [-0.4, -0.2) is 29.5 Å². The molecule has 0 radical (unpaired) electrons. The minimum atomic E-state index is 0.214. The third-order valence-corrected chi connectivity index (χ3v) is 7.05. The lowest BCUT2D eigenvalue weighted by Crippen LogP contribution is -2.34. The van der Waals surface area contributed by atoms with Gasteiger partial charge < -0.3 is 14.8 Å². The molecule has 1 fully saturated rings. The molecule has 2 aliphatic rings.